The van der Waals surface area contributed by atoms with Crippen LogP contribution in [0.4, 0.5) is 11.4 Å². The number of hydrogen-bond donors (Lipinski definition) is 2. The van der Waals surface area contributed by atoms with Gasteiger partial charge in [-0.2, -0.15) is 0 Å². The number of hydrogen-bond acceptors (Lipinski definition) is 4. The summed E-state index contributed by atoms with van der Waals surface area (Å²) in [6.45, 7) is 3.97. The lowest BCUT2D eigenvalue weighted by atomic mass is 10.1. The van der Waals surface area contributed by atoms with Crippen LogP contribution in [0.5, 0.6) is 5.75 Å². The molecule has 0 aromatic heterocycles. The molecule has 3 rings (SSSR count). The third-order valence-corrected chi connectivity index (χ3v) is 6.04. The molecule has 0 radical (unpaired) electrons. The summed E-state index contributed by atoms with van der Waals surface area (Å²) >= 11 is 0. The first-order chi connectivity index (χ1) is 14.3. The maximum Gasteiger partial charge on any atom is 0.265 e. The lowest BCUT2D eigenvalue weighted by Crippen LogP contribution is -2.17. The highest BCUT2D eigenvalue weighted by Gasteiger charge is 2.22. The van der Waals surface area contributed by atoms with E-state index in [0.717, 1.165) is 17.5 Å². The highest BCUT2D eigenvalue weighted by atomic mass is 32.2. The van der Waals surface area contributed by atoms with Crippen molar-refractivity contribution in [3.05, 3.63) is 83.4 Å². The normalized spacial score (nSPS) is 11.0. The van der Waals surface area contributed by atoms with E-state index in [1.165, 1.54) is 25.3 Å². The Kier molecular flexibility index (Phi) is 6.42. The molecule has 0 saturated carbocycles. The number of aryl methyl sites for hydroxylation is 2. The predicted octanol–water partition coefficient (Wildman–Crippen LogP) is 4.62. The molecular weight excluding hydrogens is 400 g/mol. The number of carbonyl (C=O) groups excluding carboxylic acids is 1. The molecule has 1 amide bonds. The van der Waals surface area contributed by atoms with Gasteiger partial charge >= 0.3 is 0 Å². The number of ether oxygens (including phenoxy) is 1. The van der Waals surface area contributed by atoms with E-state index >= 15 is 0 Å². The molecule has 0 aliphatic carbocycles. The van der Waals surface area contributed by atoms with Gasteiger partial charge < -0.3 is 10.1 Å². The van der Waals surface area contributed by atoms with E-state index in [2.05, 4.69) is 17.0 Å². The molecule has 0 aliphatic heterocycles. The number of methoxy groups -OCH3 is 1. The van der Waals surface area contributed by atoms with Gasteiger partial charge in [-0.1, -0.05) is 36.8 Å². The first-order valence-corrected chi connectivity index (χ1v) is 11.0. The van der Waals surface area contributed by atoms with Gasteiger partial charge in [-0.15, -0.1) is 0 Å². The van der Waals surface area contributed by atoms with Crippen molar-refractivity contribution in [3.63, 3.8) is 0 Å². The molecule has 2 N–H and O–H groups in total. The van der Waals surface area contributed by atoms with E-state index in [1.54, 1.807) is 12.1 Å². The summed E-state index contributed by atoms with van der Waals surface area (Å²) in [6, 6.07) is 18.8. The Bertz CT molecular complexity index is 1140. The van der Waals surface area contributed by atoms with E-state index < -0.39 is 15.9 Å². The first-order valence-electron chi connectivity index (χ1n) is 9.50. The number of benzene rings is 3. The number of sulfonamides is 1. The summed E-state index contributed by atoms with van der Waals surface area (Å²) < 4.78 is 33.6. The summed E-state index contributed by atoms with van der Waals surface area (Å²) in [6.07, 6.45) is 0.905. The molecule has 6 nitrogen and oxygen atoms in total. The maximum absolute atomic E-state index is 12.9. The molecule has 0 atom stereocenters. The fourth-order valence-electron chi connectivity index (χ4n) is 2.89. The van der Waals surface area contributed by atoms with Gasteiger partial charge in [0.25, 0.3) is 15.9 Å². The SMILES string of the molecule is CCc1ccc(NC(=O)c2ccc(OC)c(S(=O)(=O)Nc3ccc(C)cc3)c2)cc1. The predicted molar refractivity (Wildman–Crippen MR) is 119 cm³/mol. The van der Waals surface area contributed by atoms with Crippen LogP contribution in [0.25, 0.3) is 0 Å². The van der Waals surface area contributed by atoms with Crippen molar-refractivity contribution in [2.45, 2.75) is 25.2 Å². The highest BCUT2D eigenvalue weighted by Crippen LogP contribution is 2.27. The third kappa shape index (κ3) is 4.99. The van der Waals surface area contributed by atoms with E-state index in [4.69, 9.17) is 4.74 Å². The third-order valence-electron chi connectivity index (χ3n) is 4.64. The number of nitrogens with one attached hydrogen (secondary N) is 2. The zero-order valence-electron chi connectivity index (χ0n) is 17.1. The fraction of sp³-hybridized carbons (Fsp3) is 0.174. The Morgan fingerprint density at radius 1 is 0.933 bits per heavy atom. The number of rotatable bonds is 7. The van der Waals surface area contributed by atoms with Crippen molar-refractivity contribution in [3.8, 4) is 5.75 Å². The summed E-state index contributed by atoms with van der Waals surface area (Å²) in [5.74, 6) is -0.257. The summed E-state index contributed by atoms with van der Waals surface area (Å²) in [7, 11) is -2.58. The van der Waals surface area contributed by atoms with Crippen molar-refractivity contribution in [2.75, 3.05) is 17.1 Å². The number of carbonyl (C=O) groups is 1. The van der Waals surface area contributed by atoms with Gasteiger partial charge in [-0.05, 0) is 61.4 Å². The molecule has 0 unspecified atom stereocenters. The lowest BCUT2D eigenvalue weighted by molar-refractivity contribution is 0.102. The van der Waals surface area contributed by atoms with E-state index in [-0.39, 0.29) is 16.2 Å². The van der Waals surface area contributed by atoms with Crippen LogP contribution in [0, 0.1) is 6.92 Å². The van der Waals surface area contributed by atoms with Gasteiger partial charge in [0, 0.05) is 16.9 Å². The van der Waals surface area contributed by atoms with Crippen molar-refractivity contribution in [2.24, 2.45) is 0 Å². The summed E-state index contributed by atoms with van der Waals surface area (Å²) in [4.78, 5) is 12.6. The second-order valence-corrected chi connectivity index (χ2v) is 8.49. The smallest absolute Gasteiger partial charge is 0.265 e. The molecule has 7 heteroatoms. The minimum atomic E-state index is -3.96. The zero-order chi connectivity index (χ0) is 21.7. The van der Waals surface area contributed by atoms with Gasteiger partial charge in [-0.25, -0.2) is 8.42 Å². The fourth-order valence-corrected chi connectivity index (χ4v) is 4.14. The standard InChI is InChI=1S/C23H24N2O4S/c1-4-17-7-12-19(13-8-17)24-23(26)18-9-14-21(29-3)22(15-18)30(27,28)25-20-10-5-16(2)6-11-20/h5-15,25H,4H2,1-3H3,(H,24,26). The molecule has 156 valence electrons. The second kappa shape index (κ2) is 9.00. The number of anilines is 2. The van der Waals surface area contributed by atoms with Crippen LogP contribution in [0.2, 0.25) is 0 Å². The minimum Gasteiger partial charge on any atom is -0.495 e. The molecule has 0 bridgehead atoms. The van der Waals surface area contributed by atoms with Gasteiger partial charge in [0.1, 0.15) is 10.6 Å². The van der Waals surface area contributed by atoms with Crippen LogP contribution < -0.4 is 14.8 Å². The van der Waals surface area contributed by atoms with Crippen LogP contribution in [-0.4, -0.2) is 21.4 Å². The number of amides is 1. The summed E-state index contributed by atoms with van der Waals surface area (Å²) in [5, 5.41) is 2.79. The molecule has 0 spiro atoms. The van der Waals surface area contributed by atoms with Crippen molar-refractivity contribution >= 4 is 27.3 Å². The van der Waals surface area contributed by atoms with Gasteiger partial charge in [-0.3, -0.25) is 9.52 Å². The van der Waals surface area contributed by atoms with E-state index in [9.17, 15) is 13.2 Å². The van der Waals surface area contributed by atoms with E-state index in [1.807, 2.05) is 43.3 Å². The van der Waals surface area contributed by atoms with E-state index in [0.29, 0.717) is 11.4 Å². The second-order valence-electron chi connectivity index (χ2n) is 6.84. The molecule has 0 saturated heterocycles. The largest absolute Gasteiger partial charge is 0.495 e. The van der Waals surface area contributed by atoms with Crippen molar-refractivity contribution in [1.82, 2.24) is 0 Å². The molecule has 3 aromatic rings. The van der Waals surface area contributed by atoms with Crippen LogP contribution in [0.3, 0.4) is 0 Å². The Morgan fingerprint density at radius 2 is 1.57 bits per heavy atom. The molecule has 30 heavy (non-hydrogen) atoms. The Balaban J connectivity index is 1.88. The summed E-state index contributed by atoms with van der Waals surface area (Å²) in [5.41, 5.74) is 3.44. The minimum absolute atomic E-state index is 0.112. The Labute approximate surface area is 177 Å². The van der Waals surface area contributed by atoms with Gasteiger partial charge in [0.05, 0.1) is 7.11 Å². The van der Waals surface area contributed by atoms with Crippen molar-refractivity contribution in [1.29, 1.82) is 0 Å². The first kappa shape index (κ1) is 21.4. The monoisotopic (exact) mass is 424 g/mol. The van der Waals surface area contributed by atoms with Crippen molar-refractivity contribution < 1.29 is 17.9 Å². The zero-order valence-corrected chi connectivity index (χ0v) is 17.9. The molecule has 0 heterocycles. The molecular formula is C23H24N2O4S. The maximum atomic E-state index is 12.9. The Hall–Kier alpha value is -3.32. The molecule has 3 aromatic carbocycles. The van der Waals surface area contributed by atoms with Gasteiger partial charge in [0.2, 0.25) is 0 Å². The van der Waals surface area contributed by atoms with Crippen LogP contribution in [-0.2, 0) is 16.4 Å². The van der Waals surface area contributed by atoms with Crippen LogP contribution in [0.1, 0.15) is 28.4 Å². The lowest BCUT2D eigenvalue weighted by Gasteiger charge is -2.13. The van der Waals surface area contributed by atoms with Crippen LogP contribution >= 0.6 is 0 Å². The van der Waals surface area contributed by atoms with Gasteiger partial charge in [0.15, 0.2) is 0 Å². The van der Waals surface area contributed by atoms with Crippen LogP contribution in [0.15, 0.2) is 71.6 Å². The quantitative estimate of drug-likeness (QED) is 0.580. The Morgan fingerprint density at radius 3 is 2.17 bits per heavy atom. The molecule has 0 fully saturated rings. The topological polar surface area (TPSA) is 84.5 Å². The molecule has 0 aliphatic rings. The highest BCUT2D eigenvalue weighted by molar-refractivity contribution is 7.92. The average Bonchev–Trinajstić information content (AvgIpc) is 2.75. The average molecular weight is 425 g/mol.